The van der Waals surface area contributed by atoms with Crippen molar-refractivity contribution in [3.05, 3.63) is 29.3 Å². The van der Waals surface area contributed by atoms with Gasteiger partial charge >= 0.3 is 6.09 Å². The summed E-state index contributed by atoms with van der Waals surface area (Å²) in [5.41, 5.74) is 2.49. The summed E-state index contributed by atoms with van der Waals surface area (Å²) in [6.45, 7) is 13.1. The van der Waals surface area contributed by atoms with Crippen molar-refractivity contribution >= 4 is 6.09 Å². The predicted molar refractivity (Wildman–Crippen MR) is 89.7 cm³/mol. The first-order valence-corrected chi connectivity index (χ1v) is 7.88. The van der Waals surface area contributed by atoms with Crippen LogP contribution in [-0.4, -0.2) is 17.9 Å². The molecule has 0 unspecified atom stereocenters. The molecule has 1 rings (SSSR count). The highest BCUT2D eigenvalue weighted by molar-refractivity contribution is 5.64. The standard InChI is InChI=1S/C18H29NO3/c1-7-17(3,4)13-9-10-15(22-12-19-16(20)21)14(11-13)18(5,6)8-2/h9-11,19H,7-8,12H2,1-6H3,(H,20,21). The molecule has 22 heavy (non-hydrogen) atoms. The monoisotopic (exact) mass is 307 g/mol. The molecule has 0 spiro atoms. The first-order valence-electron chi connectivity index (χ1n) is 7.88. The van der Waals surface area contributed by atoms with Crippen LogP contribution in [0.4, 0.5) is 4.79 Å². The zero-order valence-electron chi connectivity index (χ0n) is 14.6. The van der Waals surface area contributed by atoms with Gasteiger partial charge in [0.05, 0.1) is 0 Å². The minimum absolute atomic E-state index is 0.0294. The normalized spacial score (nSPS) is 12.1. The Labute approximate surface area is 133 Å². The summed E-state index contributed by atoms with van der Waals surface area (Å²) in [6, 6.07) is 6.25. The van der Waals surface area contributed by atoms with E-state index in [-0.39, 0.29) is 17.6 Å². The molecule has 4 heteroatoms. The molecule has 0 aliphatic heterocycles. The molecular formula is C18H29NO3. The van der Waals surface area contributed by atoms with Crippen LogP contribution in [0.25, 0.3) is 0 Å². The highest BCUT2D eigenvalue weighted by Gasteiger charge is 2.26. The number of amides is 1. The van der Waals surface area contributed by atoms with Crippen LogP contribution < -0.4 is 10.1 Å². The zero-order chi connectivity index (χ0) is 17.0. The minimum atomic E-state index is -1.08. The lowest BCUT2D eigenvalue weighted by Crippen LogP contribution is -2.27. The molecule has 0 bridgehead atoms. The van der Waals surface area contributed by atoms with Crippen molar-refractivity contribution in [3.63, 3.8) is 0 Å². The number of carbonyl (C=O) groups is 1. The number of nitrogens with one attached hydrogen (secondary N) is 1. The Balaban J connectivity index is 3.19. The third kappa shape index (κ3) is 4.39. The number of benzene rings is 1. The van der Waals surface area contributed by atoms with Gasteiger partial charge in [-0.25, -0.2) is 4.79 Å². The summed E-state index contributed by atoms with van der Waals surface area (Å²) in [5.74, 6) is 0.747. The molecule has 0 heterocycles. The van der Waals surface area contributed by atoms with E-state index in [0.717, 1.165) is 24.2 Å². The lowest BCUT2D eigenvalue weighted by Gasteiger charge is -2.30. The van der Waals surface area contributed by atoms with E-state index in [4.69, 9.17) is 9.84 Å². The van der Waals surface area contributed by atoms with Gasteiger partial charge in [0.25, 0.3) is 0 Å². The van der Waals surface area contributed by atoms with Gasteiger partial charge < -0.3 is 9.84 Å². The quantitative estimate of drug-likeness (QED) is 0.720. The summed E-state index contributed by atoms with van der Waals surface area (Å²) < 4.78 is 5.65. The van der Waals surface area contributed by atoms with Gasteiger partial charge in [-0.15, -0.1) is 0 Å². The topological polar surface area (TPSA) is 58.6 Å². The largest absolute Gasteiger partial charge is 0.473 e. The summed E-state index contributed by atoms with van der Waals surface area (Å²) in [4.78, 5) is 10.6. The van der Waals surface area contributed by atoms with Gasteiger partial charge in [-0.1, -0.05) is 53.7 Å². The van der Waals surface area contributed by atoms with E-state index in [0.29, 0.717) is 0 Å². The van der Waals surface area contributed by atoms with Crippen LogP contribution in [-0.2, 0) is 10.8 Å². The molecule has 0 aromatic heterocycles. The Hall–Kier alpha value is -1.71. The maximum atomic E-state index is 10.6. The maximum absolute atomic E-state index is 10.6. The molecule has 0 aliphatic rings. The van der Waals surface area contributed by atoms with Crippen molar-refractivity contribution in [3.8, 4) is 5.75 Å². The molecule has 1 aromatic carbocycles. The average Bonchev–Trinajstić information content (AvgIpc) is 2.46. The number of carboxylic acid groups (broad SMARTS) is 1. The molecule has 1 amide bonds. The molecule has 0 radical (unpaired) electrons. The van der Waals surface area contributed by atoms with Crippen molar-refractivity contribution in [1.82, 2.24) is 5.32 Å². The van der Waals surface area contributed by atoms with Crippen LogP contribution in [0.2, 0.25) is 0 Å². The number of rotatable bonds is 7. The Morgan fingerprint density at radius 2 is 1.73 bits per heavy atom. The molecule has 4 nitrogen and oxygen atoms in total. The SMILES string of the molecule is CCC(C)(C)c1ccc(OCNC(=O)O)c(C(C)(C)CC)c1. The summed E-state index contributed by atoms with van der Waals surface area (Å²) in [6.07, 6.45) is 0.950. The smallest absolute Gasteiger partial charge is 0.407 e. The molecule has 0 saturated carbocycles. The number of ether oxygens (including phenoxy) is 1. The third-order valence-corrected chi connectivity index (χ3v) is 4.71. The third-order valence-electron chi connectivity index (χ3n) is 4.71. The fraction of sp³-hybridized carbons (Fsp3) is 0.611. The Morgan fingerprint density at radius 3 is 2.23 bits per heavy atom. The van der Waals surface area contributed by atoms with Crippen LogP contribution in [0, 0.1) is 0 Å². The summed E-state index contributed by atoms with van der Waals surface area (Å²) in [7, 11) is 0. The van der Waals surface area contributed by atoms with Gasteiger partial charge in [0.2, 0.25) is 0 Å². The maximum Gasteiger partial charge on any atom is 0.407 e. The molecule has 2 N–H and O–H groups in total. The van der Waals surface area contributed by atoms with Crippen molar-refractivity contribution in [2.45, 2.75) is 65.2 Å². The molecule has 124 valence electrons. The summed E-state index contributed by atoms with van der Waals surface area (Å²) in [5, 5.41) is 10.9. The fourth-order valence-electron chi connectivity index (χ4n) is 2.18. The van der Waals surface area contributed by atoms with Crippen LogP contribution in [0.3, 0.4) is 0 Å². The number of hydrogen-bond donors (Lipinski definition) is 2. The Morgan fingerprint density at radius 1 is 1.14 bits per heavy atom. The Kier molecular flexibility index (Phi) is 5.86. The van der Waals surface area contributed by atoms with Gasteiger partial charge in [0.15, 0.2) is 6.73 Å². The molecule has 0 aliphatic carbocycles. The van der Waals surface area contributed by atoms with Crippen LogP contribution in [0.5, 0.6) is 5.75 Å². The highest BCUT2D eigenvalue weighted by atomic mass is 16.5. The first-order chi connectivity index (χ1) is 10.1. The van der Waals surface area contributed by atoms with E-state index in [2.05, 4.69) is 59.0 Å². The van der Waals surface area contributed by atoms with Gasteiger partial charge in [-0.3, -0.25) is 5.32 Å². The summed E-state index contributed by atoms with van der Waals surface area (Å²) >= 11 is 0. The van der Waals surface area contributed by atoms with E-state index >= 15 is 0 Å². The van der Waals surface area contributed by atoms with Crippen molar-refractivity contribution in [2.75, 3.05) is 6.73 Å². The predicted octanol–water partition coefficient (Wildman–Crippen LogP) is 4.67. The van der Waals surface area contributed by atoms with E-state index in [1.807, 2.05) is 6.07 Å². The number of hydrogen-bond acceptors (Lipinski definition) is 2. The molecule has 0 saturated heterocycles. The van der Waals surface area contributed by atoms with Gasteiger partial charge in [0.1, 0.15) is 5.75 Å². The van der Waals surface area contributed by atoms with E-state index < -0.39 is 6.09 Å². The second-order valence-electron chi connectivity index (χ2n) is 6.96. The fourth-order valence-corrected chi connectivity index (χ4v) is 2.18. The van der Waals surface area contributed by atoms with Crippen molar-refractivity contribution < 1.29 is 14.6 Å². The second kappa shape index (κ2) is 7.03. The average molecular weight is 307 g/mol. The lowest BCUT2D eigenvalue weighted by atomic mass is 9.76. The highest BCUT2D eigenvalue weighted by Crippen LogP contribution is 2.38. The van der Waals surface area contributed by atoms with E-state index in [1.165, 1.54) is 5.56 Å². The van der Waals surface area contributed by atoms with Crippen LogP contribution in [0.15, 0.2) is 18.2 Å². The minimum Gasteiger partial charge on any atom is -0.473 e. The van der Waals surface area contributed by atoms with E-state index in [9.17, 15) is 4.79 Å². The molecule has 0 fully saturated rings. The van der Waals surface area contributed by atoms with Crippen LogP contribution >= 0.6 is 0 Å². The second-order valence-corrected chi connectivity index (χ2v) is 6.96. The lowest BCUT2D eigenvalue weighted by molar-refractivity contribution is 0.179. The Bertz CT molecular complexity index is 521. The van der Waals surface area contributed by atoms with Gasteiger partial charge in [-0.05, 0) is 35.3 Å². The zero-order valence-corrected chi connectivity index (χ0v) is 14.6. The van der Waals surface area contributed by atoms with Crippen LogP contribution in [0.1, 0.15) is 65.5 Å². The van der Waals surface area contributed by atoms with Crippen molar-refractivity contribution in [1.29, 1.82) is 0 Å². The van der Waals surface area contributed by atoms with Crippen molar-refractivity contribution in [2.24, 2.45) is 0 Å². The first kappa shape index (κ1) is 18.3. The van der Waals surface area contributed by atoms with Gasteiger partial charge in [0, 0.05) is 5.56 Å². The van der Waals surface area contributed by atoms with E-state index in [1.54, 1.807) is 0 Å². The molecule has 0 atom stereocenters. The molecular weight excluding hydrogens is 278 g/mol. The van der Waals surface area contributed by atoms with Gasteiger partial charge in [-0.2, -0.15) is 0 Å². The molecule has 1 aromatic rings.